The van der Waals surface area contributed by atoms with Crippen LogP contribution in [0.4, 0.5) is 0 Å². The van der Waals surface area contributed by atoms with Gasteiger partial charge in [-0.1, -0.05) is 46.3 Å². The van der Waals surface area contributed by atoms with Crippen LogP contribution in [0.2, 0.25) is 0 Å². The van der Waals surface area contributed by atoms with Crippen LogP contribution < -0.4 is 0 Å². The van der Waals surface area contributed by atoms with Gasteiger partial charge in [-0.25, -0.2) is 8.98 Å². The number of carboxylic acids is 1. The molecule has 0 aromatic heterocycles. The Morgan fingerprint density at radius 1 is 1.02 bits per heavy atom. The minimum absolute atomic E-state index is 0.0363. The molecule has 0 aromatic carbocycles. The van der Waals surface area contributed by atoms with Gasteiger partial charge in [0.15, 0.2) is 12.4 Å². The average Bonchev–Trinajstić information content (AvgIpc) is 3.62. The van der Waals surface area contributed by atoms with Crippen molar-refractivity contribution in [1.82, 2.24) is 0 Å². The number of aliphatic carboxylic acids is 1. The molecule has 262 valence electrons. The molecule has 16 atom stereocenters. The molecule has 4 aliphatic carbocycles. The van der Waals surface area contributed by atoms with E-state index in [9.17, 15) is 38.2 Å². The molecule has 0 spiro atoms. The molecule has 0 amide bonds. The predicted molar refractivity (Wildman–Crippen MR) is 163 cm³/mol. The average molecular weight is 673 g/mol. The molecular formula is C33H52O12S. The number of rotatable bonds is 9. The summed E-state index contributed by atoms with van der Waals surface area (Å²) in [4.78, 5) is 11.6. The highest BCUT2D eigenvalue weighted by Crippen LogP contribution is 2.67. The van der Waals surface area contributed by atoms with E-state index in [1.807, 2.05) is 0 Å². The summed E-state index contributed by atoms with van der Waals surface area (Å²) in [6, 6.07) is 0. The smallest absolute Gasteiger partial charge is 0.397 e. The summed E-state index contributed by atoms with van der Waals surface area (Å²) >= 11 is 0. The third-order valence-corrected chi connectivity index (χ3v) is 13.4. The zero-order valence-corrected chi connectivity index (χ0v) is 28.2. The number of ether oxygens (including phenoxy) is 3. The fraction of sp³-hybridized carbons (Fsp3) is 0.909. The molecule has 0 aromatic rings. The minimum atomic E-state index is -4.77. The van der Waals surface area contributed by atoms with Crippen LogP contribution in [0.1, 0.15) is 86.0 Å². The number of hydrogen-bond donors (Lipinski definition) is 5. The molecule has 0 radical (unpaired) electrons. The van der Waals surface area contributed by atoms with Crippen LogP contribution in [0.25, 0.3) is 0 Å². The lowest BCUT2D eigenvalue weighted by Crippen LogP contribution is -2.61. The van der Waals surface area contributed by atoms with Crippen LogP contribution in [0.5, 0.6) is 0 Å². The number of aliphatic hydroxyl groups is 3. The van der Waals surface area contributed by atoms with E-state index in [0.29, 0.717) is 55.5 Å². The highest BCUT2D eigenvalue weighted by Gasteiger charge is 2.62. The van der Waals surface area contributed by atoms with Gasteiger partial charge in [0, 0.05) is 0 Å². The van der Waals surface area contributed by atoms with E-state index in [2.05, 4.69) is 40.7 Å². The molecule has 2 heterocycles. The Hall–Kier alpha value is -1.16. The Morgan fingerprint density at radius 3 is 2.39 bits per heavy atom. The van der Waals surface area contributed by atoms with Crippen LogP contribution in [-0.4, -0.2) is 94.5 Å². The molecule has 13 heteroatoms. The normalized spacial score (nSPS) is 49.4. The van der Waals surface area contributed by atoms with Crippen molar-refractivity contribution >= 4 is 16.4 Å². The highest BCUT2D eigenvalue weighted by atomic mass is 32.3. The summed E-state index contributed by atoms with van der Waals surface area (Å²) in [5.74, 6) is 0.0843. The Kier molecular flexibility index (Phi) is 9.29. The second kappa shape index (κ2) is 12.3. The van der Waals surface area contributed by atoms with Crippen molar-refractivity contribution in [2.75, 3.05) is 0 Å². The topological polar surface area (TPSA) is 193 Å². The lowest BCUT2D eigenvalue weighted by Gasteiger charge is -2.59. The summed E-state index contributed by atoms with van der Waals surface area (Å²) in [5, 5.41) is 40.3. The maximum Gasteiger partial charge on any atom is 0.397 e. The van der Waals surface area contributed by atoms with Gasteiger partial charge in [-0.15, -0.1) is 0 Å². The second-order valence-electron chi connectivity index (χ2n) is 16.0. The third kappa shape index (κ3) is 6.10. The van der Waals surface area contributed by atoms with Gasteiger partial charge in [0.2, 0.25) is 0 Å². The van der Waals surface area contributed by atoms with Gasteiger partial charge in [0.1, 0.15) is 18.3 Å². The zero-order chi connectivity index (χ0) is 33.5. The highest BCUT2D eigenvalue weighted by molar-refractivity contribution is 7.80. The van der Waals surface area contributed by atoms with Gasteiger partial charge < -0.3 is 34.6 Å². The van der Waals surface area contributed by atoms with Gasteiger partial charge >= 0.3 is 16.4 Å². The van der Waals surface area contributed by atoms with Crippen molar-refractivity contribution in [2.45, 2.75) is 141 Å². The number of allylic oxidation sites excluding steroid dienone is 2. The summed E-state index contributed by atoms with van der Waals surface area (Å²) in [6.45, 7) is 11.3. The number of fused-ring (bicyclic) bond motifs is 5. The first-order chi connectivity index (χ1) is 21.4. The minimum Gasteiger partial charge on any atom is -0.479 e. The maximum absolute atomic E-state index is 12.2. The van der Waals surface area contributed by atoms with Crippen molar-refractivity contribution in [3.05, 3.63) is 11.6 Å². The van der Waals surface area contributed by atoms with Crippen molar-refractivity contribution in [2.24, 2.45) is 46.3 Å². The SMILES string of the molecule is CC(C)CC1OC1[C@@H](C)[C@H]1CC[C@H]2[C@@H]3CC(OS(=O)(=O)O)C4C[C@@H](O[C@@H]5O[C@H](C(=O)O)[C@@H](O)[C@H](O)[C@H]5O)CC[C@]4(C)C3=CC[C@]12C. The van der Waals surface area contributed by atoms with Gasteiger partial charge in [-0.05, 0) is 97.7 Å². The van der Waals surface area contributed by atoms with Crippen molar-refractivity contribution in [3.8, 4) is 0 Å². The molecular weight excluding hydrogens is 620 g/mol. The molecule has 4 unspecified atom stereocenters. The van der Waals surface area contributed by atoms with E-state index < -0.39 is 64.7 Å². The lowest BCUT2D eigenvalue weighted by atomic mass is 9.47. The summed E-state index contributed by atoms with van der Waals surface area (Å²) < 4.78 is 57.3. The molecule has 6 rings (SSSR count). The molecule has 2 aliphatic heterocycles. The third-order valence-electron chi connectivity index (χ3n) is 12.9. The van der Waals surface area contributed by atoms with Gasteiger partial charge in [0.05, 0.1) is 24.4 Å². The Balaban J connectivity index is 1.23. The summed E-state index contributed by atoms with van der Waals surface area (Å²) in [7, 11) is -4.77. The molecule has 12 nitrogen and oxygen atoms in total. The van der Waals surface area contributed by atoms with Crippen molar-refractivity contribution < 1.29 is 56.6 Å². The van der Waals surface area contributed by atoms with E-state index in [0.717, 1.165) is 25.7 Å². The van der Waals surface area contributed by atoms with Crippen LogP contribution in [0.3, 0.4) is 0 Å². The number of carbonyl (C=O) groups is 1. The van der Waals surface area contributed by atoms with Crippen LogP contribution >= 0.6 is 0 Å². The van der Waals surface area contributed by atoms with Gasteiger partial charge in [-0.2, -0.15) is 8.42 Å². The predicted octanol–water partition coefficient (Wildman–Crippen LogP) is 3.09. The summed E-state index contributed by atoms with van der Waals surface area (Å²) in [5.41, 5.74) is 0.922. The van der Waals surface area contributed by atoms with E-state index in [-0.39, 0.29) is 23.4 Å². The number of aliphatic hydroxyl groups excluding tert-OH is 3. The second-order valence-corrected chi connectivity index (χ2v) is 17.0. The Bertz CT molecular complexity index is 1300. The molecule has 2 saturated heterocycles. The van der Waals surface area contributed by atoms with Crippen molar-refractivity contribution in [3.63, 3.8) is 0 Å². The largest absolute Gasteiger partial charge is 0.479 e. The standard InChI is InChI=1S/C33H52O12S/c1-15(2)12-24-28(43-24)16(3)19-6-7-20-18-14-23(45-46(39,40)41)22-13-17(8-10-33(22,5)21(18)9-11-32(19,20)4)42-31-27(36)25(34)26(35)29(44-31)30(37)38/h9,15-20,22-29,31,34-36H,6-8,10-14H2,1-5H3,(H,37,38)(H,39,40,41)/t16-,17-,18-,19+,20-,22?,23?,24?,25-,26-,27+,28?,29-,31+,32+,33+/m0/s1. The summed E-state index contributed by atoms with van der Waals surface area (Å²) in [6.07, 6.45) is -0.965. The Labute approximate surface area is 271 Å². The molecule has 5 fully saturated rings. The van der Waals surface area contributed by atoms with Gasteiger partial charge in [0.25, 0.3) is 0 Å². The first-order valence-electron chi connectivity index (χ1n) is 17.0. The van der Waals surface area contributed by atoms with Crippen LogP contribution in [0.15, 0.2) is 11.6 Å². The van der Waals surface area contributed by atoms with Crippen LogP contribution in [0, 0.1) is 46.3 Å². The molecule has 0 bridgehead atoms. The molecule has 3 saturated carbocycles. The molecule has 6 aliphatic rings. The van der Waals surface area contributed by atoms with Crippen LogP contribution in [-0.2, 0) is 33.6 Å². The molecule has 46 heavy (non-hydrogen) atoms. The fourth-order valence-electron chi connectivity index (χ4n) is 10.7. The number of carboxylic acid groups (broad SMARTS) is 1. The Morgan fingerprint density at radius 2 is 1.74 bits per heavy atom. The first kappa shape index (κ1) is 34.7. The van der Waals surface area contributed by atoms with E-state index >= 15 is 0 Å². The fourth-order valence-corrected chi connectivity index (χ4v) is 11.2. The van der Waals surface area contributed by atoms with E-state index in [1.54, 1.807) is 0 Å². The quantitative estimate of drug-likeness (QED) is 0.104. The number of epoxide rings is 1. The molecule has 5 N–H and O–H groups in total. The van der Waals surface area contributed by atoms with E-state index in [4.69, 9.17) is 18.4 Å². The monoisotopic (exact) mass is 672 g/mol. The van der Waals surface area contributed by atoms with Gasteiger partial charge in [-0.3, -0.25) is 4.55 Å². The van der Waals surface area contributed by atoms with E-state index in [1.165, 1.54) is 5.57 Å². The zero-order valence-electron chi connectivity index (χ0n) is 27.4. The maximum atomic E-state index is 12.2. The van der Waals surface area contributed by atoms with Crippen molar-refractivity contribution in [1.29, 1.82) is 0 Å². The first-order valence-corrected chi connectivity index (χ1v) is 18.4. The lowest BCUT2D eigenvalue weighted by molar-refractivity contribution is -0.309. The number of hydrogen-bond acceptors (Lipinski definition) is 10.